The summed E-state index contributed by atoms with van der Waals surface area (Å²) in [5, 5.41) is 0. The molecule has 6 heteroatoms. The lowest BCUT2D eigenvalue weighted by atomic mass is 10.0. The van der Waals surface area contributed by atoms with Gasteiger partial charge in [-0.05, 0) is 12.1 Å². The monoisotopic (exact) mass is 242 g/mol. The minimum atomic E-state index is -0.676. The Morgan fingerprint density at radius 3 is 1.56 bits per heavy atom. The van der Waals surface area contributed by atoms with Crippen LogP contribution < -0.4 is 11.5 Å². The molecule has 0 aromatic carbocycles. The maximum absolute atomic E-state index is 11.3. The van der Waals surface area contributed by atoms with Crippen molar-refractivity contribution in [2.45, 2.75) is 0 Å². The number of hydrogen-bond acceptors (Lipinski definition) is 4. The first-order chi connectivity index (χ1) is 8.61. The van der Waals surface area contributed by atoms with Crippen molar-refractivity contribution >= 4 is 11.8 Å². The number of amides is 2. The van der Waals surface area contributed by atoms with Gasteiger partial charge in [-0.3, -0.25) is 19.6 Å². The van der Waals surface area contributed by atoms with Gasteiger partial charge in [0.05, 0.1) is 0 Å². The fourth-order valence-electron chi connectivity index (χ4n) is 1.64. The molecule has 0 saturated heterocycles. The predicted octanol–water partition coefficient (Wildman–Crippen LogP) is 0.341. The topological polar surface area (TPSA) is 112 Å². The summed E-state index contributed by atoms with van der Waals surface area (Å²) < 4.78 is 0. The van der Waals surface area contributed by atoms with Gasteiger partial charge in [0.2, 0.25) is 0 Å². The van der Waals surface area contributed by atoms with Crippen LogP contribution in [0.4, 0.5) is 0 Å². The third-order valence-electron chi connectivity index (χ3n) is 2.37. The minimum absolute atomic E-state index is 0.0769. The van der Waals surface area contributed by atoms with Crippen molar-refractivity contribution in [1.82, 2.24) is 9.97 Å². The van der Waals surface area contributed by atoms with E-state index in [1.54, 1.807) is 24.3 Å². The number of nitrogens with two attached hydrogens (primary N) is 2. The molecule has 18 heavy (non-hydrogen) atoms. The Morgan fingerprint density at radius 2 is 1.22 bits per heavy atom. The molecule has 0 bridgehead atoms. The second-order valence-electron chi connectivity index (χ2n) is 3.53. The molecule has 2 aromatic heterocycles. The van der Waals surface area contributed by atoms with Crippen molar-refractivity contribution in [3.63, 3.8) is 0 Å². The van der Waals surface area contributed by atoms with Crippen LogP contribution in [0, 0.1) is 0 Å². The number of aromatic nitrogens is 2. The van der Waals surface area contributed by atoms with Crippen LogP contribution in [0.3, 0.4) is 0 Å². The fourth-order valence-corrected chi connectivity index (χ4v) is 1.64. The van der Waals surface area contributed by atoms with Gasteiger partial charge in [0.1, 0.15) is 11.4 Å². The molecule has 0 saturated carbocycles. The van der Waals surface area contributed by atoms with Gasteiger partial charge in [-0.2, -0.15) is 0 Å². The molecular weight excluding hydrogens is 232 g/mol. The molecule has 0 atom stereocenters. The van der Waals surface area contributed by atoms with Gasteiger partial charge >= 0.3 is 0 Å². The van der Waals surface area contributed by atoms with Crippen LogP contribution in [0.1, 0.15) is 21.0 Å². The maximum atomic E-state index is 11.3. The van der Waals surface area contributed by atoms with Gasteiger partial charge in [0.15, 0.2) is 0 Å². The van der Waals surface area contributed by atoms with Crippen LogP contribution in [0.2, 0.25) is 0 Å². The summed E-state index contributed by atoms with van der Waals surface area (Å²) >= 11 is 0. The van der Waals surface area contributed by atoms with Crippen molar-refractivity contribution in [1.29, 1.82) is 0 Å². The Balaban J connectivity index is 2.70. The first-order valence-corrected chi connectivity index (χ1v) is 5.11. The van der Waals surface area contributed by atoms with Gasteiger partial charge in [-0.15, -0.1) is 0 Å². The van der Waals surface area contributed by atoms with Crippen molar-refractivity contribution < 1.29 is 9.59 Å². The molecule has 2 amide bonds. The van der Waals surface area contributed by atoms with E-state index in [2.05, 4.69) is 9.97 Å². The van der Waals surface area contributed by atoms with Crippen molar-refractivity contribution in [3.05, 3.63) is 48.0 Å². The van der Waals surface area contributed by atoms with E-state index in [0.717, 1.165) is 0 Å². The summed E-state index contributed by atoms with van der Waals surface area (Å²) in [5.74, 6) is -1.35. The quantitative estimate of drug-likeness (QED) is 0.808. The average molecular weight is 242 g/mol. The molecule has 0 fully saturated rings. The fraction of sp³-hybridized carbons (Fsp3) is 0. The number of pyridine rings is 2. The third-order valence-corrected chi connectivity index (χ3v) is 2.37. The van der Waals surface area contributed by atoms with Crippen LogP contribution in [0.5, 0.6) is 0 Å². The number of carbonyl (C=O) groups excluding carboxylic acids is 2. The molecule has 0 aliphatic rings. The number of hydrogen-bond donors (Lipinski definition) is 2. The molecule has 0 spiro atoms. The Labute approximate surface area is 103 Å². The Morgan fingerprint density at radius 1 is 0.833 bits per heavy atom. The number of nitrogens with zero attached hydrogens (tertiary/aromatic N) is 2. The van der Waals surface area contributed by atoms with Gasteiger partial charge < -0.3 is 11.5 Å². The summed E-state index contributed by atoms with van der Waals surface area (Å²) in [6, 6.07) is 6.55. The SMILES string of the molecule is NC(=O)c1ncccc1-c1cccnc1C(N)=O. The lowest BCUT2D eigenvalue weighted by Gasteiger charge is -2.08. The molecular formula is C12H10N4O2. The molecule has 0 radical (unpaired) electrons. The van der Waals surface area contributed by atoms with E-state index in [-0.39, 0.29) is 11.4 Å². The van der Waals surface area contributed by atoms with Crippen LogP contribution in [-0.2, 0) is 0 Å². The van der Waals surface area contributed by atoms with Gasteiger partial charge in [0, 0.05) is 23.5 Å². The normalized spacial score (nSPS) is 10.0. The van der Waals surface area contributed by atoms with E-state index in [9.17, 15) is 9.59 Å². The van der Waals surface area contributed by atoms with Crippen LogP contribution in [0.15, 0.2) is 36.7 Å². The second-order valence-corrected chi connectivity index (χ2v) is 3.53. The first kappa shape index (κ1) is 11.7. The van der Waals surface area contributed by atoms with E-state index in [0.29, 0.717) is 11.1 Å². The minimum Gasteiger partial charge on any atom is -0.364 e. The highest BCUT2D eigenvalue weighted by Gasteiger charge is 2.16. The summed E-state index contributed by atoms with van der Waals surface area (Å²) in [5.41, 5.74) is 11.5. The van der Waals surface area contributed by atoms with E-state index >= 15 is 0 Å². The summed E-state index contributed by atoms with van der Waals surface area (Å²) in [7, 11) is 0. The van der Waals surface area contributed by atoms with Crippen LogP contribution in [0.25, 0.3) is 11.1 Å². The van der Waals surface area contributed by atoms with E-state index in [4.69, 9.17) is 11.5 Å². The molecule has 4 N–H and O–H groups in total. The number of primary amides is 2. The van der Waals surface area contributed by atoms with Crippen molar-refractivity contribution in [2.24, 2.45) is 11.5 Å². The van der Waals surface area contributed by atoms with Crippen molar-refractivity contribution in [3.8, 4) is 11.1 Å². The molecule has 90 valence electrons. The van der Waals surface area contributed by atoms with Crippen molar-refractivity contribution in [2.75, 3.05) is 0 Å². The average Bonchev–Trinajstić information content (AvgIpc) is 2.38. The lowest BCUT2D eigenvalue weighted by molar-refractivity contribution is 0.0986. The zero-order valence-corrected chi connectivity index (χ0v) is 9.33. The first-order valence-electron chi connectivity index (χ1n) is 5.11. The van der Waals surface area contributed by atoms with Gasteiger partial charge in [-0.25, -0.2) is 0 Å². The Hall–Kier alpha value is -2.76. The second kappa shape index (κ2) is 4.62. The summed E-state index contributed by atoms with van der Waals surface area (Å²) in [4.78, 5) is 30.4. The Bertz CT molecular complexity index is 569. The van der Waals surface area contributed by atoms with Crippen LogP contribution >= 0.6 is 0 Å². The predicted molar refractivity (Wildman–Crippen MR) is 64.5 cm³/mol. The molecule has 2 aromatic rings. The smallest absolute Gasteiger partial charge is 0.267 e. The Kier molecular flexibility index (Phi) is 3.01. The van der Waals surface area contributed by atoms with E-state index < -0.39 is 11.8 Å². The van der Waals surface area contributed by atoms with E-state index in [1.807, 2.05) is 0 Å². The molecule has 0 unspecified atom stereocenters. The lowest BCUT2D eigenvalue weighted by Crippen LogP contribution is -2.17. The van der Waals surface area contributed by atoms with Gasteiger partial charge in [0.25, 0.3) is 11.8 Å². The van der Waals surface area contributed by atoms with Gasteiger partial charge in [-0.1, -0.05) is 12.1 Å². The standard InChI is InChI=1S/C12H10N4O2/c13-11(17)9-7(3-1-5-15-9)8-4-2-6-16-10(8)12(14)18/h1-6H,(H2,13,17)(H2,14,18). The molecule has 0 aliphatic carbocycles. The largest absolute Gasteiger partial charge is 0.364 e. The zero-order valence-electron chi connectivity index (χ0n) is 9.33. The molecule has 2 heterocycles. The third kappa shape index (κ3) is 2.03. The summed E-state index contributed by atoms with van der Waals surface area (Å²) in [6.07, 6.45) is 2.90. The number of carbonyl (C=O) groups is 2. The maximum Gasteiger partial charge on any atom is 0.267 e. The zero-order chi connectivity index (χ0) is 13.1. The summed E-state index contributed by atoms with van der Waals surface area (Å²) in [6.45, 7) is 0. The molecule has 2 rings (SSSR count). The van der Waals surface area contributed by atoms with Crippen LogP contribution in [-0.4, -0.2) is 21.8 Å². The molecule has 0 aliphatic heterocycles. The molecule has 6 nitrogen and oxygen atoms in total. The highest BCUT2D eigenvalue weighted by molar-refractivity contribution is 6.03. The van der Waals surface area contributed by atoms with E-state index in [1.165, 1.54) is 12.4 Å². The number of rotatable bonds is 3. The highest BCUT2D eigenvalue weighted by atomic mass is 16.1. The highest BCUT2D eigenvalue weighted by Crippen LogP contribution is 2.24.